The van der Waals surface area contributed by atoms with E-state index in [2.05, 4.69) is 20.3 Å². The van der Waals surface area contributed by atoms with Gasteiger partial charge in [0.1, 0.15) is 5.82 Å². The van der Waals surface area contributed by atoms with Crippen LogP contribution < -0.4 is 5.32 Å². The third-order valence-corrected chi connectivity index (χ3v) is 4.60. The third kappa shape index (κ3) is 2.85. The van der Waals surface area contributed by atoms with Crippen molar-refractivity contribution in [1.29, 1.82) is 0 Å². The van der Waals surface area contributed by atoms with Crippen molar-refractivity contribution in [3.05, 3.63) is 71.8 Å². The first-order valence-corrected chi connectivity index (χ1v) is 8.54. The normalized spacial score (nSPS) is 11.0. The highest BCUT2D eigenvalue weighted by molar-refractivity contribution is 5.96. The van der Waals surface area contributed by atoms with Gasteiger partial charge in [-0.1, -0.05) is 6.07 Å². The molecule has 0 unspecified atom stereocenters. The largest absolute Gasteiger partial charge is 0.373 e. The van der Waals surface area contributed by atoms with Crippen LogP contribution in [0.3, 0.4) is 0 Å². The van der Waals surface area contributed by atoms with E-state index in [9.17, 15) is 13.2 Å². The van der Waals surface area contributed by atoms with Gasteiger partial charge >= 0.3 is 0 Å². The van der Waals surface area contributed by atoms with E-state index < -0.39 is 17.5 Å². The van der Waals surface area contributed by atoms with E-state index >= 15 is 0 Å². The van der Waals surface area contributed by atoms with Crippen molar-refractivity contribution in [1.82, 2.24) is 15.0 Å². The molecule has 0 aliphatic heterocycles. The van der Waals surface area contributed by atoms with Crippen LogP contribution in [-0.2, 0) is 0 Å². The SMILES string of the molecule is CNc1nc(-c2cccnc2)nc2c(C)c(-c3ccc(F)c(F)c3F)ccc12. The highest BCUT2D eigenvalue weighted by Crippen LogP contribution is 2.34. The first-order valence-electron chi connectivity index (χ1n) is 8.54. The summed E-state index contributed by atoms with van der Waals surface area (Å²) in [7, 11) is 1.74. The van der Waals surface area contributed by atoms with Crippen LogP contribution in [0.15, 0.2) is 48.8 Å². The zero-order chi connectivity index (χ0) is 19.8. The molecule has 1 N–H and O–H groups in total. The lowest BCUT2D eigenvalue weighted by Gasteiger charge is -2.14. The van der Waals surface area contributed by atoms with Gasteiger partial charge < -0.3 is 5.32 Å². The number of nitrogens with zero attached hydrogens (tertiary/aromatic N) is 3. The number of fused-ring (bicyclic) bond motifs is 1. The van der Waals surface area contributed by atoms with Gasteiger partial charge in [-0.3, -0.25) is 4.98 Å². The Labute approximate surface area is 159 Å². The van der Waals surface area contributed by atoms with Gasteiger partial charge in [0.2, 0.25) is 0 Å². The Morgan fingerprint density at radius 1 is 0.893 bits per heavy atom. The van der Waals surface area contributed by atoms with E-state index in [0.29, 0.717) is 28.3 Å². The quantitative estimate of drug-likeness (QED) is 0.501. The molecule has 0 amide bonds. The monoisotopic (exact) mass is 380 g/mol. The summed E-state index contributed by atoms with van der Waals surface area (Å²) in [6, 6.07) is 9.14. The molecule has 7 heteroatoms. The Morgan fingerprint density at radius 2 is 1.68 bits per heavy atom. The molecule has 2 aromatic heterocycles. The minimum Gasteiger partial charge on any atom is -0.373 e. The molecule has 140 valence electrons. The molecule has 4 nitrogen and oxygen atoms in total. The second kappa shape index (κ2) is 6.92. The molecule has 28 heavy (non-hydrogen) atoms. The topological polar surface area (TPSA) is 50.7 Å². The maximum Gasteiger partial charge on any atom is 0.195 e. The van der Waals surface area contributed by atoms with Gasteiger partial charge in [-0.2, -0.15) is 0 Å². The number of hydrogen-bond acceptors (Lipinski definition) is 4. The second-order valence-corrected chi connectivity index (χ2v) is 6.24. The highest BCUT2D eigenvalue weighted by atomic mass is 19.2. The van der Waals surface area contributed by atoms with E-state index in [0.717, 1.165) is 17.0 Å². The highest BCUT2D eigenvalue weighted by Gasteiger charge is 2.19. The Hall–Kier alpha value is -3.48. The van der Waals surface area contributed by atoms with Crippen molar-refractivity contribution >= 4 is 16.7 Å². The second-order valence-electron chi connectivity index (χ2n) is 6.24. The van der Waals surface area contributed by atoms with E-state index in [1.165, 1.54) is 6.07 Å². The predicted octanol–water partition coefficient (Wildman–Crippen LogP) is 5.13. The molecule has 2 aromatic carbocycles. The minimum absolute atomic E-state index is 0.0224. The Bertz CT molecular complexity index is 1190. The average molecular weight is 380 g/mol. The van der Waals surface area contributed by atoms with Gasteiger partial charge in [-0.25, -0.2) is 23.1 Å². The third-order valence-electron chi connectivity index (χ3n) is 4.60. The van der Waals surface area contributed by atoms with Crippen molar-refractivity contribution < 1.29 is 13.2 Å². The summed E-state index contributed by atoms with van der Waals surface area (Å²) in [5.41, 5.74) is 2.35. The van der Waals surface area contributed by atoms with E-state index in [4.69, 9.17) is 0 Å². The van der Waals surface area contributed by atoms with Crippen molar-refractivity contribution in [2.75, 3.05) is 12.4 Å². The van der Waals surface area contributed by atoms with Crippen LogP contribution in [0.2, 0.25) is 0 Å². The molecule has 0 atom stereocenters. The molecule has 0 aliphatic carbocycles. The molecule has 0 spiro atoms. The number of nitrogens with one attached hydrogen (secondary N) is 1. The Morgan fingerprint density at radius 3 is 2.39 bits per heavy atom. The fourth-order valence-corrected chi connectivity index (χ4v) is 3.17. The van der Waals surface area contributed by atoms with Crippen molar-refractivity contribution in [3.8, 4) is 22.5 Å². The Balaban J connectivity index is 2.00. The van der Waals surface area contributed by atoms with E-state index in [1.54, 1.807) is 44.6 Å². The van der Waals surface area contributed by atoms with Crippen LogP contribution >= 0.6 is 0 Å². The summed E-state index contributed by atoms with van der Waals surface area (Å²) < 4.78 is 41.4. The summed E-state index contributed by atoms with van der Waals surface area (Å²) in [6.45, 7) is 1.76. The maximum absolute atomic E-state index is 14.3. The van der Waals surface area contributed by atoms with Crippen LogP contribution in [-0.4, -0.2) is 22.0 Å². The molecular formula is C21H15F3N4. The summed E-state index contributed by atoms with van der Waals surface area (Å²) in [5, 5.41) is 3.77. The van der Waals surface area contributed by atoms with Gasteiger partial charge in [0, 0.05) is 36.0 Å². The van der Waals surface area contributed by atoms with Gasteiger partial charge in [-0.05, 0) is 48.4 Å². The zero-order valence-electron chi connectivity index (χ0n) is 15.1. The van der Waals surface area contributed by atoms with Gasteiger partial charge in [-0.15, -0.1) is 0 Å². The number of aryl methyl sites for hydroxylation is 1. The van der Waals surface area contributed by atoms with Gasteiger partial charge in [0.25, 0.3) is 0 Å². The summed E-state index contributed by atoms with van der Waals surface area (Å²) in [4.78, 5) is 13.2. The van der Waals surface area contributed by atoms with E-state index in [-0.39, 0.29) is 5.56 Å². The van der Waals surface area contributed by atoms with Gasteiger partial charge in [0.15, 0.2) is 23.3 Å². The molecule has 4 rings (SSSR count). The first-order chi connectivity index (χ1) is 13.5. The number of hydrogen-bond donors (Lipinski definition) is 1. The first kappa shape index (κ1) is 17.9. The number of benzene rings is 2. The lowest BCUT2D eigenvalue weighted by molar-refractivity contribution is 0.449. The lowest BCUT2D eigenvalue weighted by Crippen LogP contribution is -2.01. The Kier molecular flexibility index (Phi) is 4.43. The molecule has 0 saturated carbocycles. The molecule has 0 aliphatic rings. The number of rotatable bonds is 3. The molecule has 0 bridgehead atoms. The molecule has 2 heterocycles. The summed E-state index contributed by atoms with van der Waals surface area (Å²) in [5.74, 6) is -2.89. The van der Waals surface area contributed by atoms with E-state index in [1.807, 2.05) is 6.07 Å². The van der Waals surface area contributed by atoms with Crippen molar-refractivity contribution in [3.63, 3.8) is 0 Å². The standard InChI is InChI=1S/C21H15F3N4/c1-11-13(14-7-8-16(22)18(24)17(14)23)5-6-15-19(11)27-20(28-21(15)25-2)12-4-3-9-26-10-12/h3-10H,1-2H3,(H,25,27,28). The fraction of sp³-hybridized carbons (Fsp3) is 0.0952. The van der Waals surface area contributed by atoms with Crippen LogP contribution in [0.4, 0.5) is 19.0 Å². The number of pyridine rings is 1. The smallest absolute Gasteiger partial charge is 0.195 e. The minimum atomic E-state index is -1.49. The zero-order valence-corrected chi connectivity index (χ0v) is 15.1. The van der Waals surface area contributed by atoms with Crippen LogP contribution in [0.5, 0.6) is 0 Å². The van der Waals surface area contributed by atoms with Crippen molar-refractivity contribution in [2.45, 2.75) is 6.92 Å². The fourth-order valence-electron chi connectivity index (χ4n) is 3.17. The molecule has 0 radical (unpaired) electrons. The summed E-state index contributed by atoms with van der Waals surface area (Å²) in [6.07, 6.45) is 3.30. The van der Waals surface area contributed by atoms with Crippen LogP contribution in [0.25, 0.3) is 33.4 Å². The number of anilines is 1. The van der Waals surface area contributed by atoms with Crippen LogP contribution in [0, 0.1) is 24.4 Å². The van der Waals surface area contributed by atoms with Crippen molar-refractivity contribution in [2.24, 2.45) is 0 Å². The number of aromatic nitrogens is 3. The molecule has 4 aromatic rings. The molecule has 0 fully saturated rings. The van der Waals surface area contributed by atoms with Crippen LogP contribution in [0.1, 0.15) is 5.56 Å². The number of halogens is 3. The maximum atomic E-state index is 14.3. The lowest BCUT2D eigenvalue weighted by atomic mass is 9.97. The predicted molar refractivity (Wildman–Crippen MR) is 102 cm³/mol. The van der Waals surface area contributed by atoms with Gasteiger partial charge in [0.05, 0.1) is 5.52 Å². The molecular weight excluding hydrogens is 365 g/mol. The molecule has 0 saturated heterocycles. The summed E-state index contributed by atoms with van der Waals surface area (Å²) >= 11 is 0. The average Bonchev–Trinajstić information content (AvgIpc) is 2.73.